The van der Waals surface area contributed by atoms with Crippen molar-refractivity contribution < 1.29 is 53.8 Å². The molecule has 0 amide bonds. The molecule has 0 spiro atoms. The largest absolute Gasteiger partial charge is 1.00 e. The van der Waals surface area contributed by atoms with Gasteiger partial charge >= 0.3 is 37.3 Å². The van der Waals surface area contributed by atoms with Crippen LogP contribution in [0.5, 0.6) is 0 Å². The first-order valence-electron chi connectivity index (χ1n) is 4.32. The van der Waals surface area contributed by atoms with Crippen LogP contribution in [-0.2, 0) is 9.36 Å². The summed E-state index contributed by atoms with van der Waals surface area (Å²) in [4.78, 5) is 31.1. The normalized spacial score (nSPS) is 12.4. The van der Waals surface area contributed by atoms with Crippen molar-refractivity contribution in [2.45, 2.75) is 18.9 Å². The van der Waals surface area contributed by atoms with Crippen LogP contribution in [-0.4, -0.2) is 34.3 Å². The summed E-state index contributed by atoms with van der Waals surface area (Å²) in [6.07, 6.45) is 0.202. The Morgan fingerprint density at radius 2 is 2.00 bits per heavy atom. The number of guanidine groups is 1. The van der Waals surface area contributed by atoms with Gasteiger partial charge in [0.05, 0.1) is 12.0 Å². The standard InChI is InChI=1S/C6H15N4O5P.Na/c7-6(8)9-3-1-2-4(5(11)12)10-16(13,14)15;/h4H,1-3H2,(H,11,12)(H4,7,8,9)(H3,10,13,14,15);/q;+1/p-1/t4-;/m0./s1. The zero-order valence-corrected chi connectivity index (χ0v) is 12.3. The number of carboxylic acids is 1. The SMILES string of the molecule is NC(N)=NCCC[C@H](NP(=O)(O)O)C(=O)[O-].[Na+]. The Morgan fingerprint density at radius 1 is 1.47 bits per heavy atom. The fraction of sp³-hybridized carbons (Fsp3) is 0.667. The molecule has 0 heterocycles. The average Bonchev–Trinajstić information content (AvgIpc) is 2.07. The summed E-state index contributed by atoms with van der Waals surface area (Å²) < 4.78 is 10.5. The Balaban J connectivity index is 0. The molecular formula is C6H14N4NaO5P. The number of aliphatic carboxylic acids is 1. The van der Waals surface area contributed by atoms with Crippen LogP contribution >= 0.6 is 7.75 Å². The third-order valence-corrected chi connectivity index (χ3v) is 2.20. The van der Waals surface area contributed by atoms with Gasteiger partial charge in [-0.1, -0.05) is 0 Å². The maximum Gasteiger partial charge on any atom is 1.00 e. The van der Waals surface area contributed by atoms with E-state index < -0.39 is 19.8 Å². The zero-order chi connectivity index (χ0) is 12.8. The van der Waals surface area contributed by atoms with Gasteiger partial charge in [-0.25, -0.2) is 9.65 Å². The number of hydrogen-bond acceptors (Lipinski definition) is 4. The van der Waals surface area contributed by atoms with E-state index in [9.17, 15) is 14.5 Å². The van der Waals surface area contributed by atoms with Crippen molar-refractivity contribution >= 4 is 19.7 Å². The monoisotopic (exact) mass is 276 g/mol. The number of nitrogens with one attached hydrogen (secondary N) is 1. The Kier molecular flexibility index (Phi) is 10.0. The fourth-order valence-electron chi connectivity index (χ4n) is 0.942. The van der Waals surface area contributed by atoms with E-state index in [1.165, 1.54) is 0 Å². The molecule has 0 aromatic carbocycles. The number of carboxylic acid groups (broad SMARTS) is 1. The van der Waals surface area contributed by atoms with E-state index in [1.54, 1.807) is 5.09 Å². The Morgan fingerprint density at radius 3 is 2.35 bits per heavy atom. The minimum absolute atomic E-state index is 0. The van der Waals surface area contributed by atoms with E-state index in [1.807, 2.05) is 0 Å². The molecule has 0 aromatic heterocycles. The van der Waals surface area contributed by atoms with Gasteiger partial charge in [0.2, 0.25) is 0 Å². The molecule has 0 saturated carbocycles. The molecule has 0 aromatic rings. The number of nitrogens with two attached hydrogens (primary N) is 2. The Bertz CT molecular complexity index is 316. The third kappa shape index (κ3) is 12.1. The Hall–Kier alpha value is -0.150. The summed E-state index contributed by atoms with van der Waals surface area (Å²) in [7, 11) is -4.60. The van der Waals surface area contributed by atoms with Gasteiger partial charge in [0.25, 0.3) is 0 Å². The summed E-state index contributed by atoms with van der Waals surface area (Å²) in [5, 5.41) is 12.1. The molecule has 0 radical (unpaired) electrons. The number of carbonyl (C=O) groups excluding carboxylic acids is 1. The van der Waals surface area contributed by atoms with E-state index in [2.05, 4.69) is 4.99 Å². The molecule has 0 fully saturated rings. The third-order valence-electron chi connectivity index (χ3n) is 1.55. The van der Waals surface area contributed by atoms with Gasteiger partial charge in [-0.3, -0.25) is 4.99 Å². The first-order chi connectivity index (χ1) is 7.22. The number of carbonyl (C=O) groups is 1. The van der Waals surface area contributed by atoms with Crippen molar-refractivity contribution in [1.29, 1.82) is 0 Å². The summed E-state index contributed by atoms with van der Waals surface area (Å²) in [6.45, 7) is 0.176. The van der Waals surface area contributed by atoms with Crippen LogP contribution in [0, 0.1) is 0 Å². The van der Waals surface area contributed by atoms with Crippen molar-refractivity contribution in [2.75, 3.05) is 6.54 Å². The van der Waals surface area contributed by atoms with E-state index in [4.69, 9.17) is 21.3 Å². The maximum absolute atomic E-state index is 10.5. The smallest absolute Gasteiger partial charge is 0.548 e. The second-order valence-corrected chi connectivity index (χ2v) is 4.34. The molecule has 7 N–H and O–H groups in total. The average molecular weight is 276 g/mol. The quantitative estimate of drug-likeness (QED) is 0.100. The summed E-state index contributed by atoms with van der Waals surface area (Å²) in [6, 6.07) is -1.44. The molecule has 0 rings (SSSR count). The van der Waals surface area contributed by atoms with E-state index >= 15 is 0 Å². The zero-order valence-electron chi connectivity index (χ0n) is 9.37. The van der Waals surface area contributed by atoms with Crippen LogP contribution < -0.4 is 51.2 Å². The van der Waals surface area contributed by atoms with Crippen LogP contribution in [0.25, 0.3) is 0 Å². The predicted molar refractivity (Wildman–Crippen MR) is 53.9 cm³/mol. The van der Waals surface area contributed by atoms with Gasteiger partial charge in [0, 0.05) is 6.54 Å². The molecule has 0 aliphatic rings. The number of hydrogen-bond donors (Lipinski definition) is 5. The van der Waals surface area contributed by atoms with Crippen LogP contribution in [0.3, 0.4) is 0 Å². The van der Waals surface area contributed by atoms with Gasteiger partial charge in [-0.2, -0.15) is 0 Å². The van der Waals surface area contributed by atoms with E-state index in [0.717, 1.165) is 0 Å². The van der Waals surface area contributed by atoms with Crippen LogP contribution in [0.1, 0.15) is 12.8 Å². The first-order valence-corrected chi connectivity index (χ1v) is 5.93. The molecule has 0 aliphatic heterocycles. The van der Waals surface area contributed by atoms with Gasteiger partial charge < -0.3 is 31.2 Å². The van der Waals surface area contributed by atoms with Crippen molar-refractivity contribution in [3.05, 3.63) is 0 Å². The molecule has 17 heavy (non-hydrogen) atoms. The molecule has 0 aliphatic carbocycles. The molecule has 94 valence electrons. The fourth-order valence-corrected chi connectivity index (χ4v) is 1.58. The second kappa shape index (κ2) is 8.87. The molecule has 0 unspecified atom stereocenters. The van der Waals surface area contributed by atoms with Crippen molar-refractivity contribution in [1.82, 2.24) is 5.09 Å². The molecule has 9 nitrogen and oxygen atoms in total. The Labute approximate surface area is 120 Å². The van der Waals surface area contributed by atoms with Gasteiger partial charge in [0.15, 0.2) is 5.96 Å². The topological polar surface area (TPSA) is 174 Å². The molecular weight excluding hydrogens is 262 g/mol. The summed E-state index contributed by atoms with van der Waals surface area (Å²) >= 11 is 0. The van der Waals surface area contributed by atoms with Crippen molar-refractivity contribution in [3.8, 4) is 0 Å². The van der Waals surface area contributed by atoms with Gasteiger partial charge in [-0.15, -0.1) is 0 Å². The summed E-state index contributed by atoms with van der Waals surface area (Å²) in [5.41, 5.74) is 10.1. The van der Waals surface area contributed by atoms with Crippen LogP contribution in [0.15, 0.2) is 4.99 Å². The molecule has 0 saturated heterocycles. The number of aliphatic imine (C=N–C) groups is 1. The summed E-state index contributed by atoms with van der Waals surface area (Å²) in [5.74, 6) is -1.72. The minimum atomic E-state index is -4.60. The number of rotatable bonds is 7. The van der Waals surface area contributed by atoms with Crippen molar-refractivity contribution in [2.24, 2.45) is 16.5 Å². The molecule has 11 heteroatoms. The number of nitrogens with zero attached hydrogens (tertiary/aromatic N) is 1. The minimum Gasteiger partial charge on any atom is -0.548 e. The molecule has 1 atom stereocenters. The van der Waals surface area contributed by atoms with E-state index in [-0.39, 0.29) is 54.9 Å². The first kappa shape index (κ1) is 19.2. The van der Waals surface area contributed by atoms with E-state index in [0.29, 0.717) is 0 Å². The van der Waals surface area contributed by atoms with Gasteiger partial charge in [-0.05, 0) is 12.8 Å². The second-order valence-electron chi connectivity index (χ2n) is 2.99. The maximum atomic E-state index is 10.5. The van der Waals surface area contributed by atoms with Crippen LogP contribution in [0.2, 0.25) is 0 Å². The van der Waals surface area contributed by atoms with Gasteiger partial charge in [0.1, 0.15) is 0 Å². The molecule has 0 bridgehead atoms. The van der Waals surface area contributed by atoms with Crippen LogP contribution in [0.4, 0.5) is 0 Å². The van der Waals surface area contributed by atoms with Crippen molar-refractivity contribution in [3.63, 3.8) is 0 Å². The predicted octanol–water partition coefficient (Wildman–Crippen LogP) is -6.16.